The van der Waals surface area contributed by atoms with Gasteiger partial charge in [0.15, 0.2) is 0 Å². The molecule has 0 aromatic heterocycles. The predicted molar refractivity (Wildman–Crippen MR) is 191 cm³/mol. The average molecular weight is 619 g/mol. The van der Waals surface area contributed by atoms with Gasteiger partial charge in [0.25, 0.3) is 15.0 Å². The topological polar surface area (TPSA) is 37.7 Å². The van der Waals surface area contributed by atoms with Crippen molar-refractivity contribution in [3.63, 3.8) is 0 Å². The molecule has 0 bridgehead atoms. The Kier molecular flexibility index (Phi) is 6.73. The first-order chi connectivity index (χ1) is 21.1. The van der Waals surface area contributed by atoms with Crippen LogP contribution >= 0.6 is 15.0 Å². The summed E-state index contributed by atoms with van der Waals surface area (Å²) in [5.41, 5.74) is 14.6. The molecule has 224 valence electrons. The minimum absolute atomic E-state index is 1.19. The first-order valence-corrected chi connectivity index (χ1v) is 18.4. The van der Waals surface area contributed by atoms with E-state index in [0.717, 1.165) is 0 Å². The van der Waals surface area contributed by atoms with Gasteiger partial charge < -0.3 is 0 Å². The van der Waals surface area contributed by atoms with Gasteiger partial charge in [-0.25, -0.2) is 0 Å². The highest BCUT2D eigenvalue weighted by Crippen LogP contribution is 2.87. The quantitative estimate of drug-likeness (QED) is 0.213. The minimum Gasteiger partial charge on any atom is -0.278 e. The zero-order valence-corrected chi connectivity index (χ0v) is 28.6. The Labute approximate surface area is 262 Å². The van der Waals surface area contributed by atoms with E-state index in [0.29, 0.717) is 0 Å². The summed E-state index contributed by atoms with van der Waals surface area (Å²) in [4.78, 5) is 0. The summed E-state index contributed by atoms with van der Waals surface area (Å²) in [7, 11) is -5.30. The Balaban J connectivity index is 1.52. The van der Waals surface area contributed by atoms with Gasteiger partial charge in [0.2, 0.25) is 0 Å². The van der Waals surface area contributed by atoms with Crippen LogP contribution in [0.25, 0.3) is 0 Å². The Morgan fingerprint density at radius 2 is 0.523 bits per heavy atom. The van der Waals surface area contributed by atoms with Gasteiger partial charge in [-0.1, -0.05) is 72.8 Å². The van der Waals surface area contributed by atoms with Crippen molar-refractivity contribution >= 4 is 37.8 Å². The summed E-state index contributed by atoms with van der Waals surface area (Å²) in [6.45, 7) is 17.6. The number of para-hydroxylation sites is 4. The van der Waals surface area contributed by atoms with Gasteiger partial charge in [-0.15, -0.1) is 0 Å². The van der Waals surface area contributed by atoms with Crippen LogP contribution < -0.4 is 18.7 Å². The van der Waals surface area contributed by atoms with Crippen LogP contribution in [0.15, 0.2) is 107 Å². The summed E-state index contributed by atoms with van der Waals surface area (Å²) in [5, 5.41) is 0. The van der Waals surface area contributed by atoms with Crippen LogP contribution in [0.2, 0.25) is 0 Å². The lowest BCUT2D eigenvalue weighted by Gasteiger charge is -2.48. The lowest BCUT2D eigenvalue weighted by molar-refractivity contribution is 1.23. The molecule has 0 fully saturated rings. The van der Waals surface area contributed by atoms with Crippen LogP contribution in [0.4, 0.5) is 22.7 Å². The van der Waals surface area contributed by atoms with E-state index < -0.39 is 15.0 Å². The molecule has 3 heterocycles. The fourth-order valence-corrected chi connectivity index (χ4v) is 16.1. The molecule has 0 saturated carbocycles. The Morgan fingerprint density at radius 1 is 0.341 bits per heavy atom. The first-order valence-electron chi connectivity index (χ1n) is 15.2. The van der Waals surface area contributed by atoms with Crippen molar-refractivity contribution < 1.29 is 0 Å². The highest BCUT2D eigenvalue weighted by atomic mass is 31.3. The highest BCUT2D eigenvalue weighted by molar-refractivity contribution is 7.90. The molecule has 8 heteroatoms. The zero-order valence-electron chi connectivity index (χ0n) is 26.8. The van der Waals surface area contributed by atoms with Crippen molar-refractivity contribution in [2.75, 3.05) is 18.7 Å². The molecule has 0 amide bonds. The van der Waals surface area contributed by atoms with E-state index in [1.807, 2.05) is 0 Å². The van der Waals surface area contributed by atoms with E-state index in [-0.39, 0.29) is 0 Å². The van der Waals surface area contributed by atoms with Crippen LogP contribution in [0.1, 0.15) is 44.5 Å². The van der Waals surface area contributed by atoms with Crippen LogP contribution in [0.5, 0.6) is 0 Å². The largest absolute Gasteiger partial charge is 0.282 e. The molecule has 2 spiro atoms. The lowest BCUT2D eigenvalue weighted by Crippen LogP contribution is -2.29. The standard InChI is InChI=1S/C36H40N6P2/c1-25-13-9-14-26(2)33(25)39-21-22-40(34-27(3)15-10-16-28(34)4)43(39)37-44(38-43)41(35-29(5)17-11-18-30(35)6)23-24-42(44)36-31(7)19-12-20-32(36)8/h9-24H,1-8H3. The van der Waals surface area contributed by atoms with Gasteiger partial charge in [0.05, 0.1) is 22.7 Å². The number of rotatable bonds is 4. The molecular formula is C36H40N6P2. The molecule has 0 atom stereocenters. The van der Waals surface area contributed by atoms with Gasteiger partial charge >= 0.3 is 0 Å². The maximum atomic E-state index is 6.08. The maximum absolute atomic E-state index is 6.08. The van der Waals surface area contributed by atoms with E-state index in [9.17, 15) is 0 Å². The maximum Gasteiger partial charge on any atom is 0.282 e. The third kappa shape index (κ3) is 4.01. The summed E-state index contributed by atoms with van der Waals surface area (Å²) >= 11 is 0. The number of aryl methyl sites for hydroxylation is 8. The third-order valence-corrected chi connectivity index (χ3v) is 16.5. The van der Waals surface area contributed by atoms with Gasteiger partial charge in [0, 0.05) is 24.8 Å². The molecule has 0 aliphatic carbocycles. The van der Waals surface area contributed by atoms with Crippen molar-refractivity contribution in [1.29, 1.82) is 0 Å². The molecule has 7 rings (SSSR count). The molecule has 0 radical (unpaired) electrons. The highest BCUT2D eigenvalue weighted by Gasteiger charge is 2.56. The van der Waals surface area contributed by atoms with Gasteiger partial charge in [-0.3, -0.25) is 18.7 Å². The monoisotopic (exact) mass is 618 g/mol. The van der Waals surface area contributed by atoms with Crippen molar-refractivity contribution in [1.82, 2.24) is 0 Å². The van der Waals surface area contributed by atoms with E-state index in [4.69, 9.17) is 9.03 Å². The second-order valence-corrected chi connectivity index (χ2v) is 17.5. The van der Waals surface area contributed by atoms with Crippen molar-refractivity contribution in [2.24, 2.45) is 9.03 Å². The van der Waals surface area contributed by atoms with Crippen LogP contribution in [0, 0.1) is 55.4 Å². The number of benzene rings is 4. The van der Waals surface area contributed by atoms with E-state index in [1.54, 1.807) is 0 Å². The Bertz CT molecular complexity index is 1660. The Morgan fingerprint density at radius 3 is 0.705 bits per heavy atom. The molecule has 3 aliphatic rings. The molecular weight excluding hydrogens is 578 g/mol. The predicted octanol–water partition coefficient (Wildman–Crippen LogP) is 11.4. The second-order valence-electron chi connectivity index (χ2n) is 12.2. The fraction of sp³-hybridized carbons (Fsp3) is 0.222. The Hall–Kier alpha value is -3.98. The van der Waals surface area contributed by atoms with Gasteiger partial charge in [-0.05, 0) is 99.9 Å². The smallest absolute Gasteiger partial charge is 0.278 e. The molecule has 6 nitrogen and oxygen atoms in total. The minimum atomic E-state index is -2.65. The van der Waals surface area contributed by atoms with E-state index >= 15 is 0 Å². The fourth-order valence-electron chi connectivity index (χ4n) is 6.99. The zero-order chi connectivity index (χ0) is 31.0. The molecule has 44 heavy (non-hydrogen) atoms. The number of hydrogen-bond donors (Lipinski definition) is 0. The summed E-state index contributed by atoms with van der Waals surface area (Å²) < 4.78 is 21.8. The first kappa shape index (κ1) is 28.8. The number of nitrogens with zero attached hydrogens (tertiary/aromatic N) is 6. The lowest BCUT2D eigenvalue weighted by atomic mass is 10.1. The van der Waals surface area contributed by atoms with Crippen LogP contribution in [0.3, 0.4) is 0 Å². The molecule has 0 N–H and O–H groups in total. The molecule has 0 saturated heterocycles. The van der Waals surface area contributed by atoms with Crippen LogP contribution in [-0.4, -0.2) is 0 Å². The van der Waals surface area contributed by atoms with E-state index in [2.05, 4.69) is 172 Å². The summed E-state index contributed by atoms with van der Waals surface area (Å²) in [6, 6.07) is 26.1. The van der Waals surface area contributed by atoms with Gasteiger partial charge in [0.1, 0.15) is 0 Å². The van der Waals surface area contributed by atoms with Crippen LogP contribution in [-0.2, 0) is 0 Å². The molecule has 0 unspecified atom stereocenters. The molecule has 4 aromatic rings. The third-order valence-electron chi connectivity index (χ3n) is 9.01. The van der Waals surface area contributed by atoms with Crippen molar-refractivity contribution in [3.05, 3.63) is 142 Å². The van der Waals surface area contributed by atoms with E-state index in [1.165, 1.54) is 67.3 Å². The number of hydrogen-bond acceptors (Lipinski definition) is 6. The normalized spacial score (nSPS) is 17.5. The van der Waals surface area contributed by atoms with Crippen molar-refractivity contribution in [2.45, 2.75) is 55.4 Å². The van der Waals surface area contributed by atoms with Crippen molar-refractivity contribution in [3.8, 4) is 0 Å². The summed E-state index contributed by atoms with van der Waals surface area (Å²) in [6.07, 6.45) is 8.86. The van der Waals surface area contributed by atoms with Gasteiger partial charge in [-0.2, -0.15) is 9.03 Å². The molecule has 4 aromatic carbocycles. The average Bonchev–Trinajstić information content (AvgIpc) is 3.49. The molecule has 3 aliphatic heterocycles. The second kappa shape index (κ2) is 10.3. The number of anilines is 4. The SMILES string of the molecule is Cc1cccc(C)c1N1C=CN(c2c(C)cccc2C)P12=NP1(=N2)N(c2c(C)cccc2C)C=CN1c1c(C)cccc1C. The summed E-state index contributed by atoms with van der Waals surface area (Å²) in [5.74, 6) is 0.